The third-order valence-electron chi connectivity index (χ3n) is 7.44. The van der Waals surface area contributed by atoms with Gasteiger partial charge in [-0.15, -0.1) is 0 Å². The summed E-state index contributed by atoms with van der Waals surface area (Å²) in [6.45, 7) is 9.91. The minimum atomic E-state index is -0.508. The number of hydrogen-bond donors (Lipinski definition) is 1. The predicted molar refractivity (Wildman–Crippen MR) is 131 cm³/mol. The Bertz CT molecular complexity index is 1190. The lowest BCUT2D eigenvalue weighted by Crippen LogP contribution is -2.42. The second-order valence-corrected chi connectivity index (χ2v) is 10.0. The zero-order chi connectivity index (χ0) is 24.5. The van der Waals surface area contributed by atoms with Gasteiger partial charge in [-0.05, 0) is 44.6 Å². The zero-order valence-electron chi connectivity index (χ0n) is 21.1. The smallest absolute Gasteiger partial charge is 0.250 e. The Kier molecular flexibility index (Phi) is 6.88. The normalized spacial score (nSPS) is 20.6. The standard InChI is InChI=1S/C26H35FN6O2/c1-16(2)23-11-18(5-8-28-23)15-32-17(3)21(14-30-32)25-20-6-9-35-10-7-24(20)33(31-25)19-12-22(27)26(34-4)29-13-19/h12-14,16,18,23,28H,5-11,15H2,1-4H3/t18-,23?/m0/s1. The van der Waals surface area contributed by atoms with E-state index >= 15 is 0 Å². The first kappa shape index (κ1) is 23.9. The fourth-order valence-corrected chi connectivity index (χ4v) is 5.38. The van der Waals surface area contributed by atoms with Crippen molar-refractivity contribution < 1.29 is 13.9 Å². The van der Waals surface area contributed by atoms with Crippen LogP contribution in [0.5, 0.6) is 5.88 Å². The highest BCUT2D eigenvalue weighted by molar-refractivity contribution is 5.67. The van der Waals surface area contributed by atoms with Gasteiger partial charge < -0.3 is 14.8 Å². The molecule has 0 spiro atoms. The molecule has 3 aromatic heterocycles. The predicted octanol–water partition coefficient (Wildman–Crippen LogP) is 3.73. The van der Waals surface area contributed by atoms with E-state index in [9.17, 15) is 4.39 Å². The molecule has 5 rings (SSSR count). The average Bonchev–Trinajstić information content (AvgIpc) is 3.28. The number of rotatable bonds is 6. The van der Waals surface area contributed by atoms with Crippen LogP contribution in [0.1, 0.15) is 43.6 Å². The highest BCUT2D eigenvalue weighted by Crippen LogP contribution is 2.33. The van der Waals surface area contributed by atoms with Crippen LogP contribution in [-0.2, 0) is 24.1 Å². The van der Waals surface area contributed by atoms with Gasteiger partial charge in [0.2, 0.25) is 5.88 Å². The number of nitrogens with zero attached hydrogens (tertiary/aromatic N) is 5. The third-order valence-corrected chi connectivity index (χ3v) is 7.44. The number of pyridine rings is 1. The molecule has 2 atom stereocenters. The first-order chi connectivity index (χ1) is 17.0. The Balaban J connectivity index is 1.48. The van der Waals surface area contributed by atoms with Gasteiger partial charge in [-0.2, -0.15) is 10.2 Å². The molecule has 1 N–H and O–H groups in total. The molecule has 1 unspecified atom stereocenters. The molecule has 1 saturated heterocycles. The van der Waals surface area contributed by atoms with Crippen LogP contribution in [0.2, 0.25) is 0 Å². The van der Waals surface area contributed by atoms with Gasteiger partial charge in [0.25, 0.3) is 0 Å². The lowest BCUT2D eigenvalue weighted by atomic mass is 9.87. The average molecular weight is 483 g/mol. The Labute approximate surface area is 205 Å². The molecule has 3 aromatic rings. The van der Waals surface area contributed by atoms with Crippen LogP contribution >= 0.6 is 0 Å². The molecule has 8 nitrogen and oxygen atoms in total. The van der Waals surface area contributed by atoms with Crippen LogP contribution in [0.3, 0.4) is 0 Å². The number of ether oxygens (including phenoxy) is 2. The molecule has 0 saturated carbocycles. The number of aromatic nitrogens is 5. The number of methoxy groups -OCH3 is 1. The molecule has 9 heteroatoms. The molecule has 188 valence electrons. The molecular weight excluding hydrogens is 447 g/mol. The molecule has 0 bridgehead atoms. The van der Waals surface area contributed by atoms with Crippen molar-refractivity contribution in [2.24, 2.45) is 11.8 Å². The molecule has 1 fully saturated rings. The summed E-state index contributed by atoms with van der Waals surface area (Å²) in [4.78, 5) is 4.12. The first-order valence-corrected chi connectivity index (χ1v) is 12.6. The maximum Gasteiger partial charge on any atom is 0.250 e. The monoisotopic (exact) mass is 482 g/mol. The van der Waals surface area contributed by atoms with E-state index in [1.54, 1.807) is 6.20 Å². The molecular formula is C26H35FN6O2. The van der Waals surface area contributed by atoms with Crippen LogP contribution in [0, 0.1) is 24.6 Å². The quantitative estimate of drug-likeness (QED) is 0.577. The lowest BCUT2D eigenvalue weighted by Gasteiger charge is -2.33. The van der Waals surface area contributed by atoms with Crippen LogP contribution in [-0.4, -0.2) is 57.5 Å². The summed E-state index contributed by atoms with van der Waals surface area (Å²) >= 11 is 0. The van der Waals surface area contributed by atoms with Gasteiger partial charge in [0.1, 0.15) is 0 Å². The van der Waals surface area contributed by atoms with Crippen molar-refractivity contribution in [3.63, 3.8) is 0 Å². The minimum absolute atomic E-state index is 0.0229. The summed E-state index contributed by atoms with van der Waals surface area (Å²) in [6.07, 6.45) is 7.32. The van der Waals surface area contributed by atoms with Crippen molar-refractivity contribution in [2.75, 3.05) is 26.9 Å². The molecule has 2 aliphatic heterocycles. The molecule has 5 heterocycles. The summed E-state index contributed by atoms with van der Waals surface area (Å²) in [5.74, 6) is 0.703. The molecule has 2 aliphatic rings. The summed E-state index contributed by atoms with van der Waals surface area (Å²) in [6, 6.07) is 1.99. The Morgan fingerprint density at radius 1 is 1.26 bits per heavy atom. The number of piperidine rings is 1. The van der Waals surface area contributed by atoms with E-state index in [0.29, 0.717) is 43.2 Å². The molecule has 35 heavy (non-hydrogen) atoms. The number of hydrogen-bond acceptors (Lipinski definition) is 6. The summed E-state index contributed by atoms with van der Waals surface area (Å²) in [5, 5.41) is 13.4. The summed E-state index contributed by atoms with van der Waals surface area (Å²) < 4.78 is 29.2. The van der Waals surface area contributed by atoms with Gasteiger partial charge in [-0.3, -0.25) is 4.68 Å². The van der Waals surface area contributed by atoms with Crippen LogP contribution < -0.4 is 10.1 Å². The van der Waals surface area contributed by atoms with E-state index in [1.807, 2.05) is 10.9 Å². The second kappa shape index (κ2) is 10.1. The van der Waals surface area contributed by atoms with E-state index in [1.165, 1.54) is 19.6 Å². The van der Waals surface area contributed by atoms with Gasteiger partial charge in [0, 0.05) is 41.9 Å². The van der Waals surface area contributed by atoms with Crippen molar-refractivity contribution in [3.8, 4) is 22.8 Å². The molecule has 0 amide bonds. The summed E-state index contributed by atoms with van der Waals surface area (Å²) in [5.41, 5.74) is 5.79. The van der Waals surface area contributed by atoms with Crippen molar-refractivity contribution in [1.29, 1.82) is 0 Å². The molecule has 0 aromatic carbocycles. The Morgan fingerprint density at radius 3 is 2.86 bits per heavy atom. The maximum absolute atomic E-state index is 14.5. The number of fused-ring (bicyclic) bond motifs is 1. The second-order valence-electron chi connectivity index (χ2n) is 10.0. The van der Waals surface area contributed by atoms with E-state index in [-0.39, 0.29) is 5.88 Å². The largest absolute Gasteiger partial charge is 0.479 e. The van der Waals surface area contributed by atoms with Gasteiger partial charge in [-0.1, -0.05) is 13.8 Å². The van der Waals surface area contributed by atoms with Crippen molar-refractivity contribution >= 4 is 0 Å². The topological polar surface area (TPSA) is 79.0 Å². The fraction of sp³-hybridized carbons (Fsp3) is 0.577. The van der Waals surface area contributed by atoms with Crippen LogP contribution in [0.4, 0.5) is 4.39 Å². The van der Waals surface area contributed by atoms with Gasteiger partial charge in [0.15, 0.2) is 5.82 Å². The molecule has 0 aliphatic carbocycles. The highest BCUT2D eigenvalue weighted by atomic mass is 19.1. The first-order valence-electron chi connectivity index (χ1n) is 12.6. The van der Waals surface area contributed by atoms with Crippen LogP contribution in [0.25, 0.3) is 16.9 Å². The van der Waals surface area contributed by atoms with Crippen molar-refractivity contribution in [1.82, 2.24) is 29.9 Å². The third kappa shape index (κ3) is 4.71. The molecule has 0 radical (unpaired) electrons. The van der Waals surface area contributed by atoms with E-state index in [0.717, 1.165) is 54.1 Å². The number of halogens is 1. The Morgan fingerprint density at radius 2 is 2.09 bits per heavy atom. The zero-order valence-corrected chi connectivity index (χ0v) is 21.1. The van der Waals surface area contributed by atoms with E-state index < -0.39 is 5.82 Å². The van der Waals surface area contributed by atoms with Crippen molar-refractivity contribution in [3.05, 3.63) is 41.2 Å². The highest BCUT2D eigenvalue weighted by Gasteiger charge is 2.27. The van der Waals surface area contributed by atoms with Crippen LogP contribution in [0.15, 0.2) is 18.5 Å². The maximum atomic E-state index is 14.5. The van der Waals surface area contributed by atoms with Gasteiger partial charge in [-0.25, -0.2) is 14.1 Å². The van der Waals surface area contributed by atoms with E-state index in [4.69, 9.17) is 19.7 Å². The van der Waals surface area contributed by atoms with Gasteiger partial charge >= 0.3 is 0 Å². The van der Waals surface area contributed by atoms with E-state index in [2.05, 4.69) is 35.8 Å². The fourth-order valence-electron chi connectivity index (χ4n) is 5.38. The number of nitrogens with one attached hydrogen (secondary N) is 1. The van der Waals surface area contributed by atoms with Crippen molar-refractivity contribution in [2.45, 2.75) is 59.0 Å². The summed E-state index contributed by atoms with van der Waals surface area (Å²) in [7, 11) is 1.41. The minimum Gasteiger partial charge on any atom is -0.479 e. The Hall–Kier alpha value is -2.78. The lowest BCUT2D eigenvalue weighted by molar-refractivity contribution is 0.145. The SMILES string of the molecule is COc1ncc(-n2nc(-c3cnn(C[C@H]4CCNC(C(C)C)C4)c3C)c3c2CCOCC3)cc1F. The van der Waals surface area contributed by atoms with Gasteiger partial charge in [0.05, 0.1) is 49.8 Å².